The third kappa shape index (κ3) is 5.34. The first-order valence-electron chi connectivity index (χ1n) is 7.76. The van der Waals surface area contributed by atoms with Crippen LogP contribution in [0.25, 0.3) is 0 Å². The molecule has 0 bridgehead atoms. The minimum Gasteiger partial charge on any atom is -0.493 e. The fraction of sp³-hybridized carbons (Fsp3) is 0.211. The molecule has 0 fully saturated rings. The van der Waals surface area contributed by atoms with Crippen molar-refractivity contribution in [2.75, 3.05) is 20.3 Å². The molecular weight excluding hydrogens is 354 g/mol. The molecule has 0 aliphatic carbocycles. The molecule has 0 atom stereocenters. The molecule has 0 heterocycles. The van der Waals surface area contributed by atoms with E-state index >= 15 is 0 Å². The van der Waals surface area contributed by atoms with E-state index in [0.29, 0.717) is 17.1 Å². The Kier molecular flexibility index (Phi) is 6.78. The second-order valence-corrected chi connectivity index (χ2v) is 6.97. The van der Waals surface area contributed by atoms with Gasteiger partial charge in [-0.15, -0.1) is 0 Å². The smallest absolute Gasteiger partial charge is 0.241 e. The summed E-state index contributed by atoms with van der Waals surface area (Å²) in [6, 6.07) is 12.9. The zero-order valence-electron chi connectivity index (χ0n) is 14.5. The Hall–Kier alpha value is -2.82. The highest BCUT2D eigenvalue weighted by Gasteiger charge is 2.13. The summed E-state index contributed by atoms with van der Waals surface area (Å²) in [5, 5.41) is 0. The molecule has 26 heavy (non-hydrogen) atoms. The first-order valence-corrected chi connectivity index (χ1v) is 9.24. The van der Waals surface area contributed by atoms with E-state index < -0.39 is 10.0 Å². The van der Waals surface area contributed by atoms with Crippen molar-refractivity contribution in [3.8, 4) is 23.3 Å². The van der Waals surface area contributed by atoms with E-state index in [9.17, 15) is 13.2 Å². The Morgan fingerprint density at radius 2 is 1.69 bits per heavy atom. The number of rotatable bonds is 7. The third-order valence-corrected chi connectivity index (χ3v) is 4.83. The number of ketones is 1. The van der Waals surface area contributed by atoms with Gasteiger partial charge in [-0.1, -0.05) is 36.1 Å². The zero-order valence-corrected chi connectivity index (χ0v) is 15.3. The van der Waals surface area contributed by atoms with E-state index in [2.05, 4.69) is 16.6 Å². The average Bonchev–Trinajstić information content (AvgIpc) is 2.65. The van der Waals surface area contributed by atoms with Crippen molar-refractivity contribution in [1.29, 1.82) is 0 Å². The number of nitrogens with one attached hydrogen (secondary N) is 1. The van der Waals surface area contributed by atoms with Crippen LogP contribution in [0.3, 0.4) is 0 Å². The van der Waals surface area contributed by atoms with Crippen LogP contribution in [0, 0.1) is 11.8 Å². The third-order valence-electron chi connectivity index (χ3n) is 3.42. The summed E-state index contributed by atoms with van der Waals surface area (Å²) in [4.78, 5) is 11.3. The largest absolute Gasteiger partial charge is 0.493 e. The normalized spacial score (nSPS) is 10.5. The molecule has 2 aromatic rings. The summed E-state index contributed by atoms with van der Waals surface area (Å²) in [6.45, 7) is 1.48. The topological polar surface area (TPSA) is 81.7 Å². The van der Waals surface area contributed by atoms with Gasteiger partial charge in [-0.25, -0.2) is 8.42 Å². The van der Waals surface area contributed by atoms with Crippen LogP contribution in [0.2, 0.25) is 0 Å². The van der Waals surface area contributed by atoms with Crippen LogP contribution >= 0.6 is 0 Å². The van der Waals surface area contributed by atoms with Gasteiger partial charge >= 0.3 is 0 Å². The minimum absolute atomic E-state index is 0.0495. The summed E-state index contributed by atoms with van der Waals surface area (Å²) in [7, 11) is -2.13. The van der Waals surface area contributed by atoms with Crippen LogP contribution in [0.15, 0.2) is 53.4 Å². The Morgan fingerprint density at radius 1 is 1.04 bits per heavy atom. The van der Waals surface area contributed by atoms with Crippen molar-refractivity contribution < 1.29 is 22.7 Å². The molecule has 0 saturated carbocycles. The van der Waals surface area contributed by atoms with Crippen molar-refractivity contribution >= 4 is 15.8 Å². The molecular formula is C19H19NO5S. The van der Waals surface area contributed by atoms with E-state index in [-0.39, 0.29) is 23.8 Å². The number of para-hydroxylation sites is 2. The van der Waals surface area contributed by atoms with Gasteiger partial charge in [0.2, 0.25) is 10.0 Å². The van der Waals surface area contributed by atoms with Crippen LogP contribution in [-0.4, -0.2) is 34.5 Å². The van der Waals surface area contributed by atoms with Gasteiger partial charge in [-0.2, -0.15) is 4.72 Å². The average molecular weight is 373 g/mol. The number of sulfonamides is 1. The van der Waals surface area contributed by atoms with Gasteiger partial charge in [0.25, 0.3) is 0 Å². The lowest BCUT2D eigenvalue weighted by molar-refractivity contribution is 0.101. The van der Waals surface area contributed by atoms with Crippen LogP contribution < -0.4 is 14.2 Å². The number of hydrogen-bond donors (Lipinski definition) is 1. The maximum absolute atomic E-state index is 12.1. The van der Waals surface area contributed by atoms with Crippen LogP contribution in [-0.2, 0) is 10.0 Å². The Morgan fingerprint density at radius 3 is 2.31 bits per heavy atom. The van der Waals surface area contributed by atoms with Crippen LogP contribution in [0.5, 0.6) is 11.5 Å². The van der Waals surface area contributed by atoms with E-state index in [1.54, 1.807) is 19.2 Å². The SMILES string of the molecule is COc1ccccc1OCC#CCNS(=O)(=O)c1ccc(C(C)=O)cc1. The van der Waals surface area contributed by atoms with E-state index in [4.69, 9.17) is 9.47 Å². The predicted octanol–water partition coefficient (Wildman–Crippen LogP) is 2.26. The van der Waals surface area contributed by atoms with Gasteiger partial charge in [-0.05, 0) is 31.2 Å². The molecule has 0 aliphatic heterocycles. The molecule has 2 rings (SSSR count). The quantitative estimate of drug-likeness (QED) is 0.595. The lowest BCUT2D eigenvalue weighted by atomic mass is 10.2. The molecule has 0 spiro atoms. The standard InChI is InChI=1S/C19H19NO5S/c1-15(21)16-9-11-17(12-10-16)26(22,23)20-13-5-6-14-25-19-8-4-3-7-18(19)24-2/h3-4,7-12,20H,13-14H2,1-2H3. The van der Waals surface area contributed by atoms with E-state index in [1.807, 2.05) is 12.1 Å². The van der Waals surface area contributed by atoms with Crippen molar-refractivity contribution in [3.05, 3.63) is 54.1 Å². The minimum atomic E-state index is -3.68. The molecule has 6 nitrogen and oxygen atoms in total. The van der Waals surface area contributed by atoms with Gasteiger partial charge in [0.1, 0.15) is 6.61 Å². The molecule has 0 radical (unpaired) electrons. The van der Waals surface area contributed by atoms with Crippen molar-refractivity contribution in [2.45, 2.75) is 11.8 Å². The summed E-state index contributed by atoms with van der Waals surface area (Å²) < 4.78 is 37.3. The van der Waals surface area contributed by atoms with Gasteiger partial charge in [-0.3, -0.25) is 4.79 Å². The molecule has 0 amide bonds. The number of carbonyl (C=O) groups excluding carboxylic acids is 1. The molecule has 0 unspecified atom stereocenters. The molecule has 1 N–H and O–H groups in total. The van der Waals surface area contributed by atoms with Crippen molar-refractivity contribution in [2.24, 2.45) is 0 Å². The maximum atomic E-state index is 12.1. The Labute approximate surface area is 153 Å². The van der Waals surface area contributed by atoms with Gasteiger partial charge in [0.05, 0.1) is 18.6 Å². The Bertz CT molecular complexity index is 924. The highest BCUT2D eigenvalue weighted by atomic mass is 32.2. The summed E-state index contributed by atoms with van der Waals surface area (Å²) >= 11 is 0. The first-order chi connectivity index (χ1) is 12.4. The van der Waals surface area contributed by atoms with Gasteiger partial charge in [0, 0.05) is 5.56 Å². The number of ether oxygens (including phenoxy) is 2. The summed E-state index contributed by atoms with van der Waals surface area (Å²) in [6.07, 6.45) is 0. The van der Waals surface area contributed by atoms with E-state index in [1.165, 1.54) is 31.2 Å². The first kappa shape index (κ1) is 19.5. The fourth-order valence-electron chi connectivity index (χ4n) is 2.05. The number of hydrogen-bond acceptors (Lipinski definition) is 5. The van der Waals surface area contributed by atoms with Crippen molar-refractivity contribution in [3.63, 3.8) is 0 Å². The second-order valence-electron chi connectivity index (χ2n) is 5.20. The number of benzene rings is 2. The van der Waals surface area contributed by atoms with Gasteiger partial charge in [0.15, 0.2) is 17.3 Å². The summed E-state index contributed by atoms with van der Waals surface area (Å²) in [5.74, 6) is 6.47. The molecule has 136 valence electrons. The second kappa shape index (κ2) is 9.04. The maximum Gasteiger partial charge on any atom is 0.241 e. The number of Topliss-reactive ketones (excluding diaryl/α,β-unsaturated/α-hetero) is 1. The molecule has 0 aromatic heterocycles. The predicted molar refractivity (Wildman–Crippen MR) is 97.9 cm³/mol. The van der Waals surface area contributed by atoms with Gasteiger partial charge < -0.3 is 9.47 Å². The molecule has 0 aliphatic rings. The lowest BCUT2D eigenvalue weighted by Crippen LogP contribution is -2.24. The fourth-order valence-corrected chi connectivity index (χ4v) is 2.97. The molecule has 7 heteroatoms. The highest BCUT2D eigenvalue weighted by Crippen LogP contribution is 2.25. The highest BCUT2D eigenvalue weighted by molar-refractivity contribution is 7.89. The van der Waals surface area contributed by atoms with Crippen LogP contribution in [0.1, 0.15) is 17.3 Å². The van der Waals surface area contributed by atoms with E-state index in [0.717, 1.165) is 0 Å². The summed E-state index contributed by atoms with van der Waals surface area (Å²) in [5.41, 5.74) is 0.456. The Balaban J connectivity index is 1.87. The number of methoxy groups -OCH3 is 1. The monoisotopic (exact) mass is 373 g/mol. The van der Waals surface area contributed by atoms with Crippen molar-refractivity contribution in [1.82, 2.24) is 4.72 Å². The zero-order chi connectivity index (χ0) is 19.0. The molecule has 2 aromatic carbocycles. The molecule has 0 saturated heterocycles. The lowest BCUT2D eigenvalue weighted by Gasteiger charge is -2.07. The van der Waals surface area contributed by atoms with Crippen LogP contribution in [0.4, 0.5) is 0 Å². The number of carbonyl (C=O) groups is 1.